The maximum absolute atomic E-state index is 13.1. The van der Waals surface area contributed by atoms with Crippen molar-refractivity contribution in [2.75, 3.05) is 5.32 Å². The van der Waals surface area contributed by atoms with E-state index in [-0.39, 0.29) is 12.2 Å². The fraction of sp³-hybridized carbons (Fsp3) is 0.0769. The number of nitrogens with one attached hydrogen (secondary N) is 1. The molecule has 0 aliphatic heterocycles. The van der Waals surface area contributed by atoms with Crippen LogP contribution in [0.1, 0.15) is 5.56 Å². The highest BCUT2D eigenvalue weighted by Gasteiger charge is 2.13. The van der Waals surface area contributed by atoms with Gasteiger partial charge in [-0.15, -0.1) is 0 Å². The van der Waals surface area contributed by atoms with E-state index in [1.165, 1.54) is 12.1 Å². The Bertz CT molecular complexity index is 558. The van der Waals surface area contributed by atoms with Gasteiger partial charge in [0, 0.05) is 18.3 Å². The monoisotopic (exact) mass is 246 g/mol. The fourth-order valence-electron chi connectivity index (χ4n) is 1.63. The molecule has 0 atom stereocenters. The highest BCUT2D eigenvalue weighted by atomic mass is 19.1. The SMILES string of the molecule is O=[N+]([O-])c1ccc(F)cc1CNc1ccccc1. The second-order valence-corrected chi connectivity index (χ2v) is 3.75. The summed E-state index contributed by atoms with van der Waals surface area (Å²) in [5.41, 5.74) is 1.07. The van der Waals surface area contributed by atoms with Crippen LogP contribution < -0.4 is 5.32 Å². The van der Waals surface area contributed by atoms with E-state index < -0.39 is 10.7 Å². The summed E-state index contributed by atoms with van der Waals surface area (Å²) in [6, 6.07) is 12.7. The van der Waals surface area contributed by atoms with Crippen LogP contribution in [0, 0.1) is 15.9 Å². The molecule has 0 saturated carbocycles. The number of nitro benzene ring substituents is 1. The zero-order valence-corrected chi connectivity index (χ0v) is 9.47. The van der Waals surface area contributed by atoms with Crippen LogP contribution in [-0.4, -0.2) is 4.92 Å². The van der Waals surface area contributed by atoms with Gasteiger partial charge in [0.2, 0.25) is 0 Å². The van der Waals surface area contributed by atoms with Crippen LogP contribution in [0.25, 0.3) is 0 Å². The topological polar surface area (TPSA) is 55.2 Å². The zero-order chi connectivity index (χ0) is 13.0. The van der Waals surface area contributed by atoms with E-state index in [1.807, 2.05) is 30.3 Å². The van der Waals surface area contributed by atoms with Gasteiger partial charge in [-0.3, -0.25) is 10.1 Å². The number of para-hydroxylation sites is 1. The van der Waals surface area contributed by atoms with Crippen molar-refractivity contribution in [1.29, 1.82) is 0 Å². The lowest BCUT2D eigenvalue weighted by atomic mass is 10.1. The Labute approximate surface area is 103 Å². The minimum absolute atomic E-state index is 0.0835. The van der Waals surface area contributed by atoms with Gasteiger partial charge in [-0.1, -0.05) is 18.2 Å². The molecule has 0 heterocycles. The second kappa shape index (κ2) is 5.27. The summed E-state index contributed by atoms with van der Waals surface area (Å²) in [6.45, 7) is 0.206. The van der Waals surface area contributed by atoms with E-state index in [2.05, 4.69) is 5.32 Å². The van der Waals surface area contributed by atoms with Crippen molar-refractivity contribution in [2.24, 2.45) is 0 Å². The smallest absolute Gasteiger partial charge is 0.274 e. The molecular formula is C13H11FN2O2. The lowest BCUT2D eigenvalue weighted by Crippen LogP contribution is -2.03. The molecule has 0 aliphatic rings. The van der Waals surface area contributed by atoms with Crippen LogP contribution in [0.15, 0.2) is 48.5 Å². The first-order chi connectivity index (χ1) is 8.66. The number of anilines is 1. The van der Waals surface area contributed by atoms with Crippen molar-refractivity contribution in [3.8, 4) is 0 Å². The van der Waals surface area contributed by atoms with Gasteiger partial charge in [-0.2, -0.15) is 0 Å². The molecule has 0 spiro atoms. The molecule has 92 valence electrons. The van der Waals surface area contributed by atoms with E-state index in [0.717, 1.165) is 11.8 Å². The first-order valence-electron chi connectivity index (χ1n) is 5.38. The number of rotatable bonds is 4. The van der Waals surface area contributed by atoms with Crippen LogP contribution in [0.4, 0.5) is 15.8 Å². The predicted octanol–water partition coefficient (Wildman–Crippen LogP) is 3.35. The number of hydrogen-bond acceptors (Lipinski definition) is 3. The van der Waals surface area contributed by atoms with Gasteiger partial charge in [0.05, 0.1) is 10.5 Å². The minimum Gasteiger partial charge on any atom is -0.381 e. The van der Waals surface area contributed by atoms with Crippen molar-refractivity contribution >= 4 is 11.4 Å². The summed E-state index contributed by atoms with van der Waals surface area (Å²) < 4.78 is 13.1. The van der Waals surface area contributed by atoms with E-state index in [9.17, 15) is 14.5 Å². The van der Waals surface area contributed by atoms with Gasteiger partial charge in [0.15, 0.2) is 0 Å². The molecule has 1 N–H and O–H groups in total. The fourth-order valence-corrected chi connectivity index (χ4v) is 1.63. The molecule has 0 amide bonds. The summed E-state index contributed by atoms with van der Waals surface area (Å²) in [5, 5.41) is 13.8. The molecule has 18 heavy (non-hydrogen) atoms. The lowest BCUT2D eigenvalue weighted by molar-refractivity contribution is -0.385. The van der Waals surface area contributed by atoms with Crippen molar-refractivity contribution in [1.82, 2.24) is 0 Å². The van der Waals surface area contributed by atoms with E-state index in [0.29, 0.717) is 5.56 Å². The second-order valence-electron chi connectivity index (χ2n) is 3.75. The molecule has 0 fully saturated rings. The van der Waals surface area contributed by atoms with Crippen molar-refractivity contribution in [3.63, 3.8) is 0 Å². The Morgan fingerprint density at radius 2 is 1.89 bits per heavy atom. The first-order valence-corrected chi connectivity index (χ1v) is 5.38. The largest absolute Gasteiger partial charge is 0.381 e. The molecule has 0 bridgehead atoms. The van der Waals surface area contributed by atoms with E-state index >= 15 is 0 Å². The number of nitrogens with zero attached hydrogens (tertiary/aromatic N) is 1. The molecule has 0 saturated heterocycles. The highest BCUT2D eigenvalue weighted by molar-refractivity contribution is 5.47. The molecule has 4 nitrogen and oxygen atoms in total. The molecule has 2 rings (SSSR count). The van der Waals surface area contributed by atoms with Crippen LogP contribution >= 0.6 is 0 Å². The molecular weight excluding hydrogens is 235 g/mol. The number of hydrogen-bond donors (Lipinski definition) is 1. The summed E-state index contributed by atoms with van der Waals surface area (Å²) in [4.78, 5) is 10.3. The summed E-state index contributed by atoms with van der Waals surface area (Å²) in [6.07, 6.45) is 0. The molecule has 2 aromatic rings. The molecule has 5 heteroatoms. The maximum atomic E-state index is 13.1. The Hall–Kier alpha value is -2.43. The van der Waals surface area contributed by atoms with Crippen molar-refractivity contribution in [2.45, 2.75) is 6.54 Å². The predicted molar refractivity (Wildman–Crippen MR) is 66.8 cm³/mol. The van der Waals surface area contributed by atoms with Gasteiger partial charge in [-0.05, 0) is 24.3 Å². The zero-order valence-electron chi connectivity index (χ0n) is 9.47. The molecule has 0 radical (unpaired) electrons. The first kappa shape index (κ1) is 12.0. The Balaban J connectivity index is 2.18. The van der Waals surface area contributed by atoms with Gasteiger partial charge in [0.1, 0.15) is 5.82 Å². The molecule has 0 unspecified atom stereocenters. The Morgan fingerprint density at radius 3 is 2.56 bits per heavy atom. The molecule has 2 aromatic carbocycles. The van der Waals surface area contributed by atoms with Crippen LogP contribution in [0.5, 0.6) is 0 Å². The molecule has 0 aliphatic carbocycles. The number of halogens is 1. The average Bonchev–Trinajstić information content (AvgIpc) is 2.37. The highest BCUT2D eigenvalue weighted by Crippen LogP contribution is 2.20. The summed E-state index contributed by atoms with van der Waals surface area (Å²) in [7, 11) is 0. The Kier molecular flexibility index (Phi) is 3.52. The van der Waals surface area contributed by atoms with E-state index in [4.69, 9.17) is 0 Å². The minimum atomic E-state index is -0.512. The summed E-state index contributed by atoms with van der Waals surface area (Å²) in [5.74, 6) is -0.481. The third kappa shape index (κ3) is 2.82. The third-order valence-electron chi connectivity index (χ3n) is 2.49. The lowest BCUT2D eigenvalue weighted by Gasteiger charge is -2.07. The quantitative estimate of drug-likeness (QED) is 0.664. The van der Waals surface area contributed by atoms with Crippen LogP contribution in [0.3, 0.4) is 0 Å². The van der Waals surface area contributed by atoms with Gasteiger partial charge in [0.25, 0.3) is 5.69 Å². The normalized spacial score (nSPS) is 10.1. The van der Waals surface area contributed by atoms with Gasteiger partial charge >= 0.3 is 0 Å². The van der Waals surface area contributed by atoms with Gasteiger partial charge in [-0.25, -0.2) is 4.39 Å². The van der Waals surface area contributed by atoms with Gasteiger partial charge < -0.3 is 5.32 Å². The van der Waals surface area contributed by atoms with Crippen LogP contribution in [-0.2, 0) is 6.54 Å². The number of benzene rings is 2. The molecule has 0 aromatic heterocycles. The third-order valence-corrected chi connectivity index (χ3v) is 2.49. The maximum Gasteiger partial charge on any atom is 0.274 e. The van der Waals surface area contributed by atoms with Crippen molar-refractivity contribution in [3.05, 3.63) is 70.0 Å². The number of nitro groups is 1. The standard InChI is InChI=1S/C13H11FN2O2/c14-11-6-7-13(16(17)18)10(8-11)9-15-12-4-2-1-3-5-12/h1-8,15H,9H2. The Morgan fingerprint density at radius 1 is 1.17 bits per heavy atom. The average molecular weight is 246 g/mol. The van der Waals surface area contributed by atoms with Crippen LogP contribution in [0.2, 0.25) is 0 Å². The van der Waals surface area contributed by atoms with E-state index in [1.54, 1.807) is 0 Å². The summed E-state index contributed by atoms with van der Waals surface area (Å²) >= 11 is 0. The van der Waals surface area contributed by atoms with Crippen molar-refractivity contribution < 1.29 is 9.31 Å².